The van der Waals surface area contributed by atoms with E-state index in [-0.39, 0.29) is 18.4 Å². The van der Waals surface area contributed by atoms with E-state index in [1.165, 1.54) is 68.9 Å². The zero-order valence-corrected chi connectivity index (χ0v) is 22.1. The van der Waals surface area contributed by atoms with Crippen molar-refractivity contribution < 1.29 is 19.1 Å². The molecular weight excluding hydrogens is 474 g/mol. The maximum Gasteiger partial charge on any atom is 0.353 e. The van der Waals surface area contributed by atoms with Gasteiger partial charge in [-0.3, -0.25) is 9.59 Å². The van der Waals surface area contributed by atoms with Crippen molar-refractivity contribution in [3.05, 3.63) is 52.2 Å². The van der Waals surface area contributed by atoms with Gasteiger partial charge in [0.15, 0.2) is 0 Å². The number of amides is 2. The largest absolute Gasteiger partial charge is 0.422 e. The van der Waals surface area contributed by atoms with Gasteiger partial charge in [-0.15, -0.1) is 11.3 Å². The molecule has 2 N–H and O–H groups in total. The number of ether oxygens (including phenoxy) is 1. The van der Waals surface area contributed by atoms with Crippen molar-refractivity contribution >= 4 is 35.3 Å². The van der Waals surface area contributed by atoms with Crippen LogP contribution < -0.4 is 15.5 Å². The Morgan fingerprint density at radius 1 is 0.861 bits per heavy atom. The summed E-state index contributed by atoms with van der Waals surface area (Å²) in [7, 11) is 0. The second-order valence-corrected chi connectivity index (χ2v) is 9.74. The molecule has 0 spiro atoms. The van der Waals surface area contributed by atoms with Gasteiger partial charge in [0, 0.05) is 6.42 Å². The predicted octanol–water partition coefficient (Wildman–Crippen LogP) is 6.23. The summed E-state index contributed by atoms with van der Waals surface area (Å²) in [6.45, 7) is 2.13. The van der Waals surface area contributed by atoms with Crippen molar-refractivity contribution in [3.8, 4) is 5.75 Å². The van der Waals surface area contributed by atoms with E-state index in [9.17, 15) is 14.4 Å². The van der Waals surface area contributed by atoms with E-state index in [0.29, 0.717) is 17.0 Å². The molecule has 8 heteroatoms. The Morgan fingerprint density at radius 2 is 1.50 bits per heavy atom. The van der Waals surface area contributed by atoms with Crippen LogP contribution in [-0.2, 0) is 9.59 Å². The van der Waals surface area contributed by atoms with E-state index in [4.69, 9.17) is 4.74 Å². The molecule has 0 aliphatic carbocycles. The molecular formula is C28H39N3O4S. The minimum Gasteiger partial charge on any atom is -0.422 e. The lowest BCUT2D eigenvalue weighted by molar-refractivity contribution is -0.126. The lowest BCUT2D eigenvalue weighted by Gasteiger charge is -2.05. The number of thiophene rings is 1. The molecule has 1 heterocycles. The Hall–Kier alpha value is -3.00. The fourth-order valence-corrected chi connectivity index (χ4v) is 4.21. The Morgan fingerprint density at radius 3 is 2.11 bits per heavy atom. The average Bonchev–Trinajstić information content (AvgIpc) is 3.42. The molecule has 0 atom stereocenters. The molecule has 1 aromatic carbocycles. The molecule has 0 fully saturated rings. The smallest absolute Gasteiger partial charge is 0.353 e. The second kappa shape index (κ2) is 18.3. The molecule has 0 aliphatic rings. The first-order valence-corrected chi connectivity index (χ1v) is 13.9. The minimum atomic E-state index is -0.399. The van der Waals surface area contributed by atoms with Crippen molar-refractivity contribution in [1.82, 2.24) is 10.7 Å². The molecule has 36 heavy (non-hydrogen) atoms. The van der Waals surface area contributed by atoms with Crippen LogP contribution in [0, 0.1) is 0 Å². The first-order valence-electron chi connectivity index (χ1n) is 13.0. The fourth-order valence-electron chi connectivity index (χ4n) is 3.61. The van der Waals surface area contributed by atoms with Gasteiger partial charge in [-0.1, -0.05) is 77.2 Å². The number of unbranched alkanes of at least 4 members (excludes halogenated alkanes) is 10. The molecule has 2 amide bonds. The summed E-state index contributed by atoms with van der Waals surface area (Å²) in [6.07, 6.45) is 15.5. The third-order valence-electron chi connectivity index (χ3n) is 5.67. The van der Waals surface area contributed by atoms with Crippen LogP contribution in [0.25, 0.3) is 0 Å². The zero-order chi connectivity index (χ0) is 25.8. The highest BCUT2D eigenvalue weighted by molar-refractivity contribution is 7.12. The Balaban J connectivity index is 1.49. The number of hydrogen-bond acceptors (Lipinski definition) is 6. The number of benzene rings is 1. The summed E-state index contributed by atoms with van der Waals surface area (Å²) >= 11 is 1.32. The average molecular weight is 514 g/mol. The first kappa shape index (κ1) is 29.2. The maximum atomic E-state index is 12.0. The summed E-state index contributed by atoms with van der Waals surface area (Å²) in [6, 6.07) is 10.3. The third kappa shape index (κ3) is 13.2. The van der Waals surface area contributed by atoms with E-state index < -0.39 is 5.97 Å². The number of hydrazone groups is 1. The first-order chi connectivity index (χ1) is 17.6. The lowest BCUT2D eigenvalue weighted by atomic mass is 10.1. The minimum absolute atomic E-state index is 0.105. The van der Waals surface area contributed by atoms with Crippen molar-refractivity contribution in [1.29, 1.82) is 0 Å². The molecule has 0 aliphatic heterocycles. The van der Waals surface area contributed by atoms with Gasteiger partial charge in [0.2, 0.25) is 5.91 Å². The number of nitrogens with one attached hydrogen (secondary N) is 2. The van der Waals surface area contributed by atoms with Crippen LogP contribution >= 0.6 is 11.3 Å². The third-order valence-corrected chi connectivity index (χ3v) is 6.52. The van der Waals surface area contributed by atoms with Crippen LogP contribution in [0.1, 0.15) is 99.2 Å². The van der Waals surface area contributed by atoms with Gasteiger partial charge < -0.3 is 10.1 Å². The molecule has 0 unspecified atom stereocenters. The summed E-state index contributed by atoms with van der Waals surface area (Å²) in [5, 5.41) is 8.35. The molecule has 0 saturated heterocycles. The van der Waals surface area contributed by atoms with E-state index in [1.807, 2.05) is 5.38 Å². The van der Waals surface area contributed by atoms with Crippen molar-refractivity contribution in [3.63, 3.8) is 0 Å². The van der Waals surface area contributed by atoms with Gasteiger partial charge in [0.05, 0.1) is 12.8 Å². The highest BCUT2D eigenvalue weighted by Crippen LogP contribution is 2.16. The van der Waals surface area contributed by atoms with Crippen LogP contribution in [0.15, 0.2) is 46.9 Å². The van der Waals surface area contributed by atoms with Gasteiger partial charge in [-0.2, -0.15) is 5.10 Å². The van der Waals surface area contributed by atoms with Gasteiger partial charge in [-0.25, -0.2) is 10.2 Å². The van der Waals surface area contributed by atoms with Crippen LogP contribution in [0.2, 0.25) is 0 Å². The molecule has 196 valence electrons. The molecule has 1 aromatic heterocycles. The molecule has 2 aromatic rings. The van der Waals surface area contributed by atoms with Crippen LogP contribution in [0.3, 0.4) is 0 Å². The van der Waals surface area contributed by atoms with Crippen LogP contribution in [-0.4, -0.2) is 30.5 Å². The quantitative estimate of drug-likeness (QED) is 0.0811. The molecule has 7 nitrogen and oxygen atoms in total. The number of hydrogen-bond donors (Lipinski definition) is 2. The topological polar surface area (TPSA) is 96.9 Å². The van der Waals surface area contributed by atoms with E-state index in [2.05, 4.69) is 22.8 Å². The number of nitrogens with zero attached hydrogens (tertiary/aromatic N) is 1. The van der Waals surface area contributed by atoms with Crippen LogP contribution in [0.5, 0.6) is 5.75 Å². The summed E-state index contributed by atoms with van der Waals surface area (Å²) in [4.78, 5) is 36.3. The Labute approximate surface area is 218 Å². The van der Waals surface area contributed by atoms with Gasteiger partial charge >= 0.3 is 5.97 Å². The monoisotopic (exact) mass is 513 g/mol. The molecule has 0 radical (unpaired) electrons. The van der Waals surface area contributed by atoms with E-state index >= 15 is 0 Å². The summed E-state index contributed by atoms with van der Waals surface area (Å²) < 4.78 is 5.30. The standard InChI is InChI=1S/C28H39N3O4S/c1-2-3-4-5-6-7-8-9-10-11-12-15-26(32)29-22-27(33)31-30-21-23-16-18-24(19-17-23)35-28(34)25-14-13-20-36-25/h13-14,16-21H,2-12,15,22H2,1H3,(H,29,32)(H,31,33). The second-order valence-electron chi connectivity index (χ2n) is 8.79. The van der Waals surface area contributed by atoms with E-state index in [1.54, 1.807) is 36.4 Å². The highest BCUT2D eigenvalue weighted by atomic mass is 32.1. The number of carbonyl (C=O) groups excluding carboxylic acids is 3. The lowest BCUT2D eigenvalue weighted by Crippen LogP contribution is -2.34. The van der Waals surface area contributed by atoms with Crippen molar-refractivity contribution in [2.24, 2.45) is 5.10 Å². The van der Waals surface area contributed by atoms with Gasteiger partial charge in [-0.05, 0) is 47.7 Å². The molecule has 0 bridgehead atoms. The molecule has 2 rings (SSSR count). The Kier molecular flexibility index (Phi) is 14.9. The SMILES string of the molecule is CCCCCCCCCCCCCC(=O)NCC(=O)NN=Cc1ccc(OC(=O)c2cccs2)cc1. The normalized spacial score (nSPS) is 10.9. The summed E-state index contributed by atoms with van der Waals surface area (Å²) in [5.74, 6) is -0.475. The maximum absolute atomic E-state index is 12.0. The van der Waals surface area contributed by atoms with Gasteiger partial charge in [0.25, 0.3) is 5.91 Å². The van der Waals surface area contributed by atoms with Crippen LogP contribution in [0.4, 0.5) is 0 Å². The Bertz CT molecular complexity index is 927. The molecule has 0 saturated carbocycles. The predicted molar refractivity (Wildman–Crippen MR) is 146 cm³/mol. The van der Waals surface area contributed by atoms with Crippen molar-refractivity contribution in [2.75, 3.05) is 6.54 Å². The fraction of sp³-hybridized carbons (Fsp3) is 0.500. The zero-order valence-electron chi connectivity index (χ0n) is 21.3. The number of carbonyl (C=O) groups is 3. The highest BCUT2D eigenvalue weighted by Gasteiger charge is 2.09. The van der Waals surface area contributed by atoms with E-state index in [0.717, 1.165) is 24.8 Å². The van der Waals surface area contributed by atoms with Crippen molar-refractivity contribution in [2.45, 2.75) is 84.0 Å². The van der Waals surface area contributed by atoms with Gasteiger partial charge in [0.1, 0.15) is 10.6 Å². The number of esters is 1. The summed E-state index contributed by atoms with van der Waals surface area (Å²) in [5.41, 5.74) is 3.12. The number of rotatable bonds is 18.